The van der Waals surface area contributed by atoms with Crippen molar-refractivity contribution in [2.75, 3.05) is 25.0 Å². The number of cyclic esters (lactones) is 1. The van der Waals surface area contributed by atoms with Gasteiger partial charge in [0, 0.05) is 17.1 Å². The van der Waals surface area contributed by atoms with Crippen LogP contribution in [0.2, 0.25) is 0 Å². The largest absolute Gasteiger partial charge is 0.448 e. The topological polar surface area (TPSA) is 58.6 Å². The van der Waals surface area contributed by atoms with Crippen LogP contribution in [0, 0.1) is 0 Å². The highest BCUT2D eigenvalue weighted by atomic mass is 32.1. The predicted molar refractivity (Wildman–Crippen MR) is 94.4 cm³/mol. The summed E-state index contributed by atoms with van der Waals surface area (Å²) in [6, 6.07) is 11.7. The van der Waals surface area contributed by atoms with Crippen molar-refractivity contribution in [3.8, 4) is 0 Å². The maximum Gasteiger partial charge on any atom is 0.409 e. The fourth-order valence-electron chi connectivity index (χ4n) is 2.56. The summed E-state index contributed by atoms with van der Waals surface area (Å²) in [6.07, 6.45) is 0.538. The van der Waals surface area contributed by atoms with Crippen LogP contribution in [0.25, 0.3) is 0 Å². The molecule has 24 heavy (non-hydrogen) atoms. The minimum Gasteiger partial charge on any atom is -0.448 e. The van der Waals surface area contributed by atoms with Crippen LogP contribution in [0.4, 0.5) is 10.5 Å². The van der Waals surface area contributed by atoms with Gasteiger partial charge in [0.05, 0.1) is 12.5 Å². The minimum atomic E-state index is -0.235. The molecular formula is C18H20N2O3S. The van der Waals surface area contributed by atoms with E-state index in [1.54, 1.807) is 16.2 Å². The lowest BCUT2D eigenvalue weighted by Gasteiger charge is -2.13. The van der Waals surface area contributed by atoms with Gasteiger partial charge in [-0.1, -0.05) is 18.2 Å². The number of benzene rings is 1. The van der Waals surface area contributed by atoms with E-state index < -0.39 is 0 Å². The summed E-state index contributed by atoms with van der Waals surface area (Å²) in [5.41, 5.74) is 1.91. The van der Waals surface area contributed by atoms with Crippen LogP contribution in [0.5, 0.6) is 0 Å². The summed E-state index contributed by atoms with van der Waals surface area (Å²) >= 11 is 1.59. The zero-order chi connectivity index (χ0) is 16.9. The molecule has 2 amide bonds. The SMILES string of the molecule is C[C@H](C(=O)Nc1ccc(CCN2CCOC2=O)cc1)c1cccs1. The van der Waals surface area contributed by atoms with Crippen LogP contribution in [0.1, 0.15) is 23.3 Å². The monoisotopic (exact) mass is 344 g/mol. The number of hydrogen-bond acceptors (Lipinski definition) is 4. The molecule has 1 fully saturated rings. The van der Waals surface area contributed by atoms with Crippen molar-refractivity contribution in [3.05, 3.63) is 52.2 Å². The van der Waals surface area contributed by atoms with Gasteiger partial charge in [0.1, 0.15) is 6.61 Å². The van der Waals surface area contributed by atoms with Crippen LogP contribution in [-0.2, 0) is 16.0 Å². The maximum atomic E-state index is 12.3. The van der Waals surface area contributed by atoms with Gasteiger partial charge in [-0.05, 0) is 42.5 Å². The molecule has 0 aliphatic carbocycles. The summed E-state index contributed by atoms with van der Waals surface area (Å²) < 4.78 is 4.91. The number of carbonyl (C=O) groups excluding carboxylic acids is 2. The molecule has 1 N–H and O–H groups in total. The highest BCUT2D eigenvalue weighted by Gasteiger charge is 2.21. The van der Waals surface area contributed by atoms with Gasteiger partial charge in [-0.25, -0.2) is 4.79 Å². The summed E-state index contributed by atoms with van der Waals surface area (Å²) in [6.45, 7) is 3.70. The Labute approximate surface area is 145 Å². The van der Waals surface area contributed by atoms with Crippen molar-refractivity contribution < 1.29 is 14.3 Å². The Balaban J connectivity index is 1.52. The smallest absolute Gasteiger partial charge is 0.409 e. The molecule has 1 aromatic heterocycles. The zero-order valence-corrected chi connectivity index (χ0v) is 14.3. The first-order valence-electron chi connectivity index (χ1n) is 7.98. The summed E-state index contributed by atoms with van der Waals surface area (Å²) in [4.78, 5) is 26.4. The molecule has 5 nitrogen and oxygen atoms in total. The van der Waals surface area contributed by atoms with E-state index >= 15 is 0 Å². The minimum absolute atomic E-state index is 0.00925. The molecule has 2 heterocycles. The molecule has 2 aromatic rings. The molecule has 1 atom stereocenters. The molecule has 1 aliphatic rings. The van der Waals surface area contributed by atoms with Gasteiger partial charge in [-0.2, -0.15) is 0 Å². The van der Waals surface area contributed by atoms with Crippen molar-refractivity contribution in [2.24, 2.45) is 0 Å². The van der Waals surface area contributed by atoms with Crippen molar-refractivity contribution in [1.29, 1.82) is 0 Å². The first-order chi connectivity index (χ1) is 11.6. The lowest BCUT2D eigenvalue weighted by atomic mass is 10.1. The second kappa shape index (κ2) is 7.49. The van der Waals surface area contributed by atoms with Gasteiger partial charge >= 0.3 is 6.09 Å². The van der Waals surface area contributed by atoms with Gasteiger partial charge in [-0.3, -0.25) is 4.79 Å². The van der Waals surface area contributed by atoms with Gasteiger partial charge in [0.25, 0.3) is 0 Å². The fraction of sp³-hybridized carbons (Fsp3) is 0.333. The number of rotatable bonds is 6. The molecular weight excluding hydrogens is 324 g/mol. The van der Waals surface area contributed by atoms with Crippen molar-refractivity contribution >= 4 is 29.0 Å². The van der Waals surface area contributed by atoms with E-state index in [0.717, 1.165) is 22.5 Å². The van der Waals surface area contributed by atoms with E-state index in [9.17, 15) is 9.59 Å². The van der Waals surface area contributed by atoms with Crippen LogP contribution in [-0.4, -0.2) is 36.6 Å². The molecule has 0 spiro atoms. The van der Waals surface area contributed by atoms with Crippen LogP contribution in [0.15, 0.2) is 41.8 Å². The normalized spacial score (nSPS) is 15.2. The predicted octanol–water partition coefficient (Wildman–Crippen LogP) is 3.49. The molecule has 6 heteroatoms. The Kier molecular flexibility index (Phi) is 5.15. The number of ether oxygens (including phenoxy) is 1. The van der Waals surface area contributed by atoms with E-state index in [2.05, 4.69) is 5.32 Å². The van der Waals surface area contributed by atoms with E-state index in [-0.39, 0.29) is 17.9 Å². The van der Waals surface area contributed by atoms with Gasteiger partial charge in [-0.15, -0.1) is 11.3 Å². The highest BCUT2D eigenvalue weighted by Crippen LogP contribution is 2.22. The number of nitrogens with one attached hydrogen (secondary N) is 1. The molecule has 1 aromatic carbocycles. The number of carbonyl (C=O) groups is 2. The number of hydrogen-bond donors (Lipinski definition) is 1. The average Bonchev–Trinajstić information content (AvgIpc) is 3.25. The molecule has 0 saturated carbocycles. The molecule has 1 saturated heterocycles. The van der Waals surface area contributed by atoms with Crippen LogP contribution in [0.3, 0.4) is 0 Å². The summed E-state index contributed by atoms with van der Waals surface area (Å²) in [7, 11) is 0. The molecule has 0 bridgehead atoms. The first-order valence-corrected chi connectivity index (χ1v) is 8.86. The Hall–Kier alpha value is -2.34. The second-order valence-corrected chi connectivity index (χ2v) is 6.75. The standard InChI is InChI=1S/C18H20N2O3S/c1-13(16-3-2-12-24-16)17(21)19-15-6-4-14(5-7-15)8-9-20-10-11-23-18(20)22/h2-7,12-13H,8-11H2,1H3,(H,19,21)/t13-/m0/s1. The third-order valence-electron chi connectivity index (χ3n) is 4.10. The van der Waals surface area contributed by atoms with E-state index in [1.165, 1.54) is 0 Å². The molecule has 0 radical (unpaired) electrons. The van der Waals surface area contributed by atoms with Crippen molar-refractivity contribution in [3.63, 3.8) is 0 Å². The van der Waals surface area contributed by atoms with Crippen LogP contribution >= 0.6 is 11.3 Å². The molecule has 3 rings (SSSR count). The van der Waals surface area contributed by atoms with E-state index in [4.69, 9.17) is 4.74 Å². The summed E-state index contributed by atoms with van der Waals surface area (Å²) in [5, 5.41) is 4.92. The average molecular weight is 344 g/mol. The third-order valence-corrected chi connectivity index (χ3v) is 5.16. The first kappa shape index (κ1) is 16.5. The summed E-state index contributed by atoms with van der Waals surface area (Å²) in [5.74, 6) is -0.170. The Morgan fingerprint density at radius 1 is 1.33 bits per heavy atom. The number of amides is 2. The third kappa shape index (κ3) is 3.94. The lowest BCUT2D eigenvalue weighted by Crippen LogP contribution is -2.26. The number of thiophene rings is 1. The fourth-order valence-corrected chi connectivity index (χ4v) is 3.35. The molecule has 1 aliphatic heterocycles. The van der Waals surface area contributed by atoms with Crippen LogP contribution < -0.4 is 5.32 Å². The van der Waals surface area contributed by atoms with Gasteiger partial charge in [0.15, 0.2) is 0 Å². The number of anilines is 1. The van der Waals surface area contributed by atoms with Crippen molar-refractivity contribution in [1.82, 2.24) is 4.90 Å². The highest BCUT2D eigenvalue weighted by molar-refractivity contribution is 7.10. The van der Waals surface area contributed by atoms with Crippen molar-refractivity contribution in [2.45, 2.75) is 19.3 Å². The van der Waals surface area contributed by atoms with Gasteiger partial charge < -0.3 is 15.0 Å². The number of nitrogens with zero attached hydrogens (tertiary/aromatic N) is 1. The zero-order valence-electron chi connectivity index (χ0n) is 13.5. The Morgan fingerprint density at radius 3 is 2.75 bits per heavy atom. The lowest BCUT2D eigenvalue weighted by molar-refractivity contribution is -0.117. The Morgan fingerprint density at radius 2 is 2.12 bits per heavy atom. The quantitative estimate of drug-likeness (QED) is 0.873. The second-order valence-electron chi connectivity index (χ2n) is 5.77. The van der Waals surface area contributed by atoms with Gasteiger partial charge in [0.2, 0.25) is 5.91 Å². The Bertz CT molecular complexity index is 698. The van der Waals surface area contributed by atoms with E-state index in [1.807, 2.05) is 48.7 Å². The van der Waals surface area contributed by atoms with E-state index in [0.29, 0.717) is 19.7 Å². The maximum absolute atomic E-state index is 12.3. The molecule has 126 valence electrons. The molecule has 0 unspecified atom stereocenters.